The molecule has 1 aromatic heterocycles. The molecule has 0 radical (unpaired) electrons. The lowest BCUT2D eigenvalue weighted by atomic mass is 10.1. The van der Waals surface area contributed by atoms with Gasteiger partial charge in [0, 0.05) is 19.0 Å². The van der Waals surface area contributed by atoms with Crippen LogP contribution in [0.25, 0.3) is 0 Å². The monoisotopic (exact) mass is 310 g/mol. The molecule has 5 heteroatoms. The second-order valence-electron chi connectivity index (χ2n) is 6.82. The van der Waals surface area contributed by atoms with Crippen LogP contribution in [0.3, 0.4) is 0 Å². The number of rotatable bonds is 4. The molecule has 5 nitrogen and oxygen atoms in total. The maximum Gasteiger partial charge on any atom is 0.227 e. The normalized spacial score (nSPS) is 20.9. The smallest absolute Gasteiger partial charge is 0.227 e. The molecule has 1 aliphatic carbocycles. The number of hydrogen-bond acceptors (Lipinski definition) is 3. The van der Waals surface area contributed by atoms with Crippen LogP contribution in [0.1, 0.15) is 48.2 Å². The molecule has 2 aliphatic rings. The minimum atomic E-state index is 0.220. The highest BCUT2D eigenvalue weighted by molar-refractivity contribution is 5.79. The van der Waals surface area contributed by atoms with E-state index in [1.807, 2.05) is 23.4 Å². The van der Waals surface area contributed by atoms with E-state index in [1.165, 1.54) is 18.4 Å². The minimum Gasteiger partial charge on any atom is -0.340 e. The lowest BCUT2D eigenvalue weighted by molar-refractivity contribution is -0.129. The molecule has 2 heterocycles. The van der Waals surface area contributed by atoms with Gasteiger partial charge in [0.05, 0.1) is 12.5 Å². The summed E-state index contributed by atoms with van der Waals surface area (Å²) in [6.45, 7) is 3.67. The summed E-state index contributed by atoms with van der Waals surface area (Å²) in [6, 6.07) is 8.56. The summed E-state index contributed by atoms with van der Waals surface area (Å²) in [6.07, 6.45) is 5.78. The first-order valence-electron chi connectivity index (χ1n) is 8.43. The van der Waals surface area contributed by atoms with Crippen molar-refractivity contribution in [3.63, 3.8) is 0 Å². The number of aromatic nitrogens is 3. The fraction of sp³-hybridized carbons (Fsp3) is 0.500. The highest BCUT2D eigenvalue weighted by atomic mass is 16.2. The van der Waals surface area contributed by atoms with Crippen LogP contribution in [0, 0.1) is 6.92 Å². The fourth-order valence-electron chi connectivity index (χ4n) is 3.35. The van der Waals surface area contributed by atoms with Gasteiger partial charge in [-0.15, -0.1) is 10.2 Å². The number of aryl methyl sites for hydroxylation is 1. The molecule has 0 N–H and O–H groups in total. The van der Waals surface area contributed by atoms with Crippen molar-refractivity contribution in [3.8, 4) is 0 Å². The molecule has 0 bridgehead atoms. The largest absolute Gasteiger partial charge is 0.340 e. The SMILES string of the molecule is Cc1ccc(CC(=O)N2CCC(n3cnnc3C3CC3)C2)cc1. The first kappa shape index (κ1) is 14.4. The van der Waals surface area contributed by atoms with E-state index in [0.29, 0.717) is 18.4 Å². The van der Waals surface area contributed by atoms with E-state index in [-0.39, 0.29) is 5.91 Å². The van der Waals surface area contributed by atoms with Crippen molar-refractivity contribution < 1.29 is 4.79 Å². The van der Waals surface area contributed by atoms with Gasteiger partial charge in [0.1, 0.15) is 12.2 Å². The van der Waals surface area contributed by atoms with E-state index in [0.717, 1.165) is 30.9 Å². The minimum absolute atomic E-state index is 0.220. The van der Waals surface area contributed by atoms with Crippen LogP contribution < -0.4 is 0 Å². The standard InChI is InChI=1S/C18H22N4O/c1-13-2-4-14(5-3-13)10-17(23)21-9-8-16(11-21)22-12-19-20-18(22)15-6-7-15/h2-5,12,15-16H,6-11H2,1H3. The van der Waals surface area contributed by atoms with Crippen molar-refractivity contribution in [3.05, 3.63) is 47.5 Å². The molecule has 1 saturated carbocycles. The second-order valence-corrected chi connectivity index (χ2v) is 6.82. The van der Waals surface area contributed by atoms with Crippen molar-refractivity contribution >= 4 is 5.91 Å². The summed E-state index contributed by atoms with van der Waals surface area (Å²) in [5.74, 6) is 1.93. The number of likely N-dealkylation sites (tertiary alicyclic amines) is 1. The number of carbonyl (C=O) groups is 1. The van der Waals surface area contributed by atoms with Crippen molar-refractivity contribution in [2.24, 2.45) is 0 Å². The van der Waals surface area contributed by atoms with Gasteiger partial charge in [-0.3, -0.25) is 4.79 Å². The molecule has 1 atom stereocenters. The Labute approximate surface area is 136 Å². The Morgan fingerprint density at radius 2 is 2.00 bits per heavy atom. The third-order valence-corrected chi connectivity index (χ3v) is 4.93. The van der Waals surface area contributed by atoms with Crippen molar-refractivity contribution in [2.45, 2.75) is 44.6 Å². The topological polar surface area (TPSA) is 51.0 Å². The van der Waals surface area contributed by atoms with Crippen LogP contribution in [0.2, 0.25) is 0 Å². The maximum absolute atomic E-state index is 12.5. The van der Waals surface area contributed by atoms with E-state index >= 15 is 0 Å². The molecule has 23 heavy (non-hydrogen) atoms. The van der Waals surface area contributed by atoms with E-state index in [4.69, 9.17) is 0 Å². The average Bonchev–Trinajstić information content (AvgIpc) is 3.09. The number of nitrogens with zero attached hydrogens (tertiary/aromatic N) is 4. The highest BCUT2D eigenvalue weighted by Gasteiger charge is 2.34. The Bertz CT molecular complexity index is 702. The van der Waals surface area contributed by atoms with Gasteiger partial charge in [0.25, 0.3) is 0 Å². The third kappa shape index (κ3) is 3.00. The number of amides is 1. The van der Waals surface area contributed by atoms with E-state index in [1.54, 1.807) is 0 Å². The lowest BCUT2D eigenvalue weighted by Crippen LogP contribution is -2.30. The van der Waals surface area contributed by atoms with Crippen LogP contribution in [0.4, 0.5) is 0 Å². The number of carbonyl (C=O) groups excluding carboxylic acids is 1. The molecule has 4 rings (SSSR count). The molecule has 2 aromatic rings. The second kappa shape index (κ2) is 5.80. The van der Waals surface area contributed by atoms with Crippen molar-refractivity contribution in [2.75, 3.05) is 13.1 Å². The van der Waals surface area contributed by atoms with Gasteiger partial charge < -0.3 is 9.47 Å². The molecule has 1 aromatic carbocycles. The predicted molar refractivity (Wildman–Crippen MR) is 87.1 cm³/mol. The first-order chi connectivity index (χ1) is 11.2. The van der Waals surface area contributed by atoms with Gasteiger partial charge in [-0.1, -0.05) is 29.8 Å². The summed E-state index contributed by atoms with van der Waals surface area (Å²) < 4.78 is 2.21. The van der Waals surface area contributed by atoms with Crippen LogP contribution in [-0.2, 0) is 11.2 Å². The van der Waals surface area contributed by atoms with E-state index in [9.17, 15) is 4.79 Å². The van der Waals surface area contributed by atoms with Crippen LogP contribution in [-0.4, -0.2) is 38.7 Å². The summed E-state index contributed by atoms with van der Waals surface area (Å²) in [5, 5.41) is 8.36. The molecule has 2 fully saturated rings. The van der Waals surface area contributed by atoms with Gasteiger partial charge in [0.15, 0.2) is 0 Å². The Hall–Kier alpha value is -2.17. The summed E-state index contributed by atoms with van der Waals surface area (Å²) >= 11 is 0. The average molecular weight is 310 g/mol. The van der Waals surface area contributed by atoms with E-state index < -0.39 is 0 Å². The Kier molecular flexibility index (Phi) is 3.63. The van der Waals surface area contributed by atoms with Gasteiger partial charge in [0.2, 0.25) is 5.91 Å². The van der Waals surface area contributed by atoms with Gasteiger partial charge in [-0.2, -0.15) is 0 Å². The predicted octanol–water partition coefficient (Wildman–Crippen LogP) is 2.48. The van der Waals surface area contributed by atoms with Gasteiger partial charge in [-0.05, 0) is 31.7 Å². The highest BCUT2D eigenvalue weighted by Crippen LogP contribution is 2.40. The zero-order valence-corrected chi connectivity index (χ0v) is 13.5. The molecule has 1 amide bonds. The molecular weight excluding hydrogens is 288 g/mol. The summed E-state index contributed by atoms with van der Waals surface area (Å²) in [4.78, 5) is 14.5. The molecule has 1 saturated heterocycles. The maximum atomic E-state index is 12.5. The third-order valence-electron chi connectivity index (χ3n) is 4.93. The quantitative estimate of drug-likeness (QED) is 0.872. The van der Waals surface area contributed by atoms with Crippen molar-refractivity contribution in [1.82, 2.24) is 19.7 Å². The molecule has 1 unspecified atom stereocenters. The van der Waals surface area contributed by atoms with Crippen LogP contribution in [0.15, 0.2) is 30.6 Å². The molecule has 0 spiro atoms. The summed E-state index contributed by atoms with van der Waals surface area (Å²) in [7, 11) is 0. The lowest BCUT2D eigenvalue weighted by Gasteiger charge is -2.18. The summed E-state index contributed by atoms with van der Waals surface area (Å²) in [5.41, 5.74) is 2.31. The van der Waals surface area contributed by atoms with Crippen LogP contribution >= 0.6 is 0 Å². The Balaban J connectivity index is 1.40. The zero-order chi connectivity index (χ0) is 15.8. The van der Waals surface area contributed by atoms with Crippen molar-refractivity contribution in [1.29, 1.82) is 0 Å². The van der Waals surface area contributed by atoms with Crippen LogP contribution in [0.5, 0.6) is 0 Å². The molecular formula is C18H22N4O. The number of benzene rings is 1. The van der Waals surface area contributed by atoms with Gasteiger partial charge in [-0.25, -0.2) is 0 Å². The first-order valence-corrected chi connectivity index (χ1v) is 8.43. The molecule has 1 aliphatic heterocycles. The Morgan fingerprint density at radius 1 is 1.22 bits per heavy atom. The zero-order valence-electron chi connectivity index (χ0n) is 13.5. The fourth-order valence-corrected chi connectivity index (χ4v) is 3.35. The number of hydrogen-bond donors (Lipinski definition) is 0. The van der Waals surface area contributed by atoms with E-state index in [2.05, 4.69) is 33.8 Å². The Morgan fingerprint density at radius 3 is 2.74 bits per heavy atom. The van der Waals surface area contributed by atoms with Gasteiger partial charge >= 0.3 is 0 Å². The molecule has 120 valence electrons.